The van der Waals surface area contributed by atoms with Crippen LogP contribution in [-0.2, 0) is 14.3 Å². The van der Waals surface area contributed by atoms with E-state index in [0.717, 1.165) is 12.8 Å². The second-order valence-electron chi connectivity index (χ2n) is 3.68. The number of unbranched alkanes of at least 4 members (excludes halogenated alkanes) is 3. The number of esters is 1. The Morgan fingerprint density at radius 2 is 2.00 bits per heavy atom. The molecule has 0 spiro atoms. The molecule has 0 saturated carbocycles. The summed E-state index contributed by atoms with van der Waals surface area (Å²) in [5.41, 5.74) is 0.399. The maximum absolute atomic E-state index is 11.1. The first kappa shape index (κ1) is 14.2. The van der Waals surface area contributed by atoms with E-state index in [1.807, 2.05) is 0 Å². The zero-order valence-electron chi connectivity index (χ0n) is 10.0. The summed E-state index contributed by atoms with van der Waals surface area (Å²) in [5.74, 6) is -0.393. The van der Waals surface area contributed by atoms with Crippen LogP contribution in [0.3, 0.4) is 0 Å². The molecule has 0 bridgehead atoms. The normalized spacial score (nSPS) is 12.2. The van der Waals surface area contributed by atoms with Crippen molar-refractivity contribution >= 4 is 5.97 Å². The van der Waals surface area contributed by atoms with Crippen LogP contribution in [0, 0.1) is 0 Å². The van der Waals surface area contributed by atoms with Gasteiger partial charge >= 0.3 is 5.97 Å². The van der Waals surface area contributed by atoms with Crippen molar-refractivity contribution in [1.29, 1.82) is 0 Å². The van der Waals surface area contributed by atoms with Crippen LogP contribution in [0.25, 0.3) is 0 Å². The third-order valence-electron chi connectivity index (χ3n) is 1.97. The summed E-state index contributed by atoms with van der Waals surface area (Å²) in [6.45, 7) is 9.65. The van der Waals surface area contributed by atoms with Gasteiger partial charge in [0.2, 0.25) is 0 Å². The smallest absolute Gasteiger partial charge is 0.335 e. The summed E-state index contributed by atoms with van der Waals surface area (Å²) in [6.07, 6.45) is 4.14. The molecule has 3 heteroatoms. The fourth-order valence-electron chi connectivity index (χ4n) is 1.06. The van der Waals surface area contributed by atoms with Gasteiger partial charge in [-0.2, -0.15) is 0 Å². The lowest BCUT2D eigenvalue weighted by Crippen LogP contribution is -2.18. The number of carbonyl (C=O) groups excluding carboxylic acids is 1. The molecule has 0 amide bonds. The van der Waals surface area contributed by atoms with Crippen LogP contribution < -0.4 is 0 Å². The first-order valence-electron chi connectivity index (χ1n) is 5.56. The number of rotatable bonds is 8. The van der Waals surface area contributed by atoms with Crippen molar-refractivity contribution < 1.29 is 14.3 Å². The summed E-state index contributed by atoms with van der Waals surface area (Å²) in [6, 6.07) is 0. The lowest BCUT2D eigenvalue weighted by atomic mass is 10.2. The summed E-state index contributed by atoms with van der Waals surface area (Å²) < 4.78 is 10.3. The van der Waals surface area contributed by atoms with Crippen molar-refractivity contribution in [3.05, 3.63) is 12.2 Å². The fourth-order valence-corrected chi connectivity index (χ4v) is 1.06. The van der Waals surface area contributed by atoms with Crippen molar-refractivity contribution in [3.8, 4) is 0 Å². The standard InChI is InChI=1S/C12H22O3/c1-5-6-7-8-9-14-11(4)15-12(13)10(2)3/h11H,2,5-9H2,1,3-4H3. The lowest BCUT2D eigenvalue weighted by Gasteiger charge is -2.13. The zero-order valence-corrected chi connectivity index (χ0v) is 10.0. The minimum atomic E-state index is -0.476. The molecular weight excluding hydrogens is 192 g/mol. The van der Waals surface area contributed by atoms with Gasteiger partial charge in [-0.05, 0) is 20.3 Å². The van der Waals surface area contributed by atoms with Gasteiger partial charge in [0.15, 0.2) is 6.29 Å². The van der Waals surface area contributed by atoms with Gasteiger partial charge < -0.3 is 9.47 Å². The van der Waals surface area contributed by atoms with Crippen molar-refractivity contribution in [2.75, 3.05) is 6.61 Å². The quantitative estimate of drug-likeness (QED) is 0.269. The van der Waals surface area contributed by atoms with Gasteiger partial charge in [-0.15, -0.1) is 0 Å². The van der Waals surface area contributed by atoms with E-state index in [0.29, 0.717) is 12.2 Å². The van der Waals surface area contributed by atoms with Gasteiger partial charge in [0.25, 0.3) is 0 Å². The predicted octanol–water partition coefficient (Wildman–Crippen LogP) is 3.05. The third-order valence-corrected chi connectivity index (χ3v) is 1.97. The number of hydrogen-bond acceptors (Lipinski definition) is 3. The molecule has 1 atom stereocenters. The first-order chi connectivity index (χ1) is 7.07. The van der Waals surface area contributed by atoms with Crippen LogP contribution in [0.1, 0.15) is 46.5 Å². The van der Waals surface area contributed by atoms with Crippen LogP contribution in [0.15, 0.2) is 12.2 Å². The molecule has 1 unspecified atom stereocenters. The zero-order chi connectivity index (χ0) is 11.7. The molecular formula is C12H22O3. The van der Waals surface area contributed by atoms with E-state index in [4.69, 9.17) is 9.47 Å². The Kier molecular flexibility index (Phi) is 8.01. The Morgan fingerprint density at radius 1 is 1.33 bits per heavy atom. The van der Waals surface area contributed by atoms with E-state index < -0.39 is 12.3 Å². The predicted molar refractivity (Wildman–Crippen MR) is 60.5 cm³/mol. The highest BCUT2D eigenvalue weighted by Crippen LogP contribution is 2.03. The van der Waals surface area contributed by atoms with Crippen LogP contribution >= 0.6 is 0 Å². The molecule has 0 rings (SSSR count). The lowest BCUT2D eigenvalue weighted by molar-refractivity contribution is -0.170. The average molecular weight is 214 g/mol. The molecule has 0 radical (unpaired) electrons. The minimum absolute atomic E-state index is 0.393. The Balaban J connectivity index is 3.45. The molecule has 0 aromatic heterocycles. The van der Waals surface area contributed by atoms with Crippen molar-refractivity contribution in [2.24, 2.45) is 0 Å². The Hall–Kier alpha value is -0.830. The summed E-state index contributed by atoms with van der Waals surface area (Å²) in [4.78, 5) is 11.1. The number of ether oxygens (including phenoxy) is 2. The van der Waals surface area contributed by atoms with Crippen LogP contribution in [0.4, 0.5) is 0 Å². The minimum Gasteiger partial charge on any atom is -0.433 e. The molecule has 0 aromatic carbocycles. The molecule has 15 heavy (non-hydrogen) atoms. The molecule has 88 valence electrons. The van der Waals surface area contributed by atoms with E-state index in [1.165, 1.54) is 12.8 Å². The van der Waals surface area contributed by atoms with Gasteiger partial charge in [-0.3, -0.25) is 0 Å². The molecule has 3 nitrogen and oxygen atoms in total. The monoisotopic (exact) mass is 214 g/mol. The van der Waals surface area contributed by atoms with E-state index in [-0.39, 0.29) is 0 Å². The summed E-state index contributed by atoms with van der Waals surface area (Å²) >= 11 is 0. The van der Waals surface area contributed by atoms with Gasteiger partial charge in [-0.1, -0.05) is 32.8 Å². The Morgan fingerprint density at radius 3 is 2.53 bits per heavy atom. The van der Waals surface area contributed by atoms with Gasteiger partial charge in [0.1, 0.15) is 0 Å². The van der Waals surface area contributed by atoms with E-state index in [9.17, 15) is 4.79 Å². The largest absolute Gasteiger partial charge is 0.433 e. The Bertz CT molecular complexity index is 199. The number of hydrogen-bond donors (Lipinski definition) is 0. The second-order valence-corrected chi connectivity index (χ2v) is 3.68. The molecule has 0 aliphatic rings. The molecule has 0 fully saturated rings. The SMILES string of the molecule is C=C(C)C(=O)OC(C)OCCCCCC. The highest BCUT2D eigenvalue weighted by Gasteiger charge is 2.09. The molecule has 0 saturated heterocycles. The van der Waals surface area contributed by atoms with Crippen molar-refractivity contribution in [2.45, 2.75) is 52.7 Å². The first-order valence-corrected chi connectivity index (χ1v) is 5.56. The Labute approximate surface area is 92.5 Å². The molecule has 0 heterocycles. The van der Waals surface area contributed by atoms with Crippen LogP contribution in [0.2, 0.25) is 0 Å². The third kappa shape index (κ3) is 8.18. The summed E-state index contributed by atoms with van der Waals surface area (Å²) in [5, 5.41) is 0. The van der Waals surface area contributed by atoms with Gasteiger partial charge in [-0.25, -0.2) is 4.79 Å². The molecule has 0 aromatic rings. The highest BCUT2D eigenvalue weighted by atomic mass is 16.7. The summed E-state index contributed by atoms with van der Waals surface area (Å²) in [7, 11) is 0. The average Bonchev–Trinajstić information content (AvgIpc) is 2.17. The van der Waals surface area contributed by atoms with E-state index >= 15 is 0 Å². The van der Waals surface area contributed by atoms with Crippen LogP contribution in [-0.4, -0.2) is 18.9 Å². The maximum atomic E-state index is 11.1. The molecule has 0 aliphatic carbocycles. The van der Waals surface area contributed by atoms with Gasteiger partial charge in [0, 0.05) is 5.57 Å². The fraction of sp³-hybridized carbons (Fsp3) is 0.750. The van der Waals surface area contributed by atoms with E-state index in [1.54, 1.807) is 13.8 Å². The highest BCUT2D eigenvalue weighted by molar-refractivity contribution is 5.86. The second kappa shape index (κ2) is 8.48. The van der Waals surface area contributed by atoms with Crippen molar-refractivity contribution in [3.63, 3.8) is 0 Å². The van der Waals surface area contributed by atoms with Crippen LogP contribution in [0.5, 0.6) is 0 Å². The molecule has 0 aliphatic heterocycles. The van der Waals surface area contributed by atoms with Gasteiger partial charge in [0.05, 0.1) is 6.61 Å². The topological polar surface area (TPSA) is 35.5 Å². The number of carbonyl (C=O) groups is 1. The molecule has 0 N–H and O–H groups in total. The maximum Gasteiger partial charge on any atom is 0.335 e. The van der Waals surface area contributed by atoms with E-state index in [2.05, 4.69) is 13.5 Å². The van der Waals surface area contributed by atoms with Crippen molar-refractivity contribution in [1.82, 2.24) is 0 Å².